The summed E-state index contributed by atoms with van der Waals surface area (Å²) in [6.45, 7) is 4.31. The molecule has 0 bridgehead atoms. The van der Waals surface area contributed by atoms with Gasteiger partial charge in [0, 0.05) is 12.8 Å². The van der Waals surface area contributed by atoms with Crippen LogP contribution in [0.4, 0.5) is 0 Å². The number of rotatable bonds is 68. The summed E-state index contributed by atoms with van der Waals surface area (Å²) in [5.74, 6) is -0.807. The SMILES string of the molecule is CCCCCCC/C=C\C/C=C\CCCCCCCCCCCCCCCCCCCCCCCCCCCC(=O)OC(COC(=O)CCCCCCCCCCCCCCCCCCCCCCC)COP(=O)([O-])OCC[N+](C)(C)C. The lowest BCUT2D eigenvalue weighted by Gasteiger charge is -2.28. The first-order valence-corrected chi connectivity index (χ1v) is 37.5. The van der Waals surface area contributed by atoms with Gasteiger partial charge in [-0.05, 0) is 44.9 Å². The predicted octanol–water partition coefficient (Wildman–Crippen LogP) is 22.6. The van der Waals surface area contributed by atoms with Crippen LogP contribution in [0, 0.1) is 0 Å². The van der Waals surface area contributed by atoms with Crippen LogP contribution in [0.1, 0.15) is 373 Å². The zero-order valence-corrected chi connectivity index (χ0v) is 56.4. The molecule has 0 radical (unpaired) electrons. The molecule has 9 nitrogen and oxygen atoms in total. The molecule has 0 N–H and O–H groups in total. The van der Waals surface area contributed by atoms with Gasteiger partial charge >= 0.3 is 11.9 Å². The number of phosphoric acid groups is 1. The quantitative estimate of drug-likeness (QED) is 0.0195. The van der Waals surface area contributed by atoms with E-state index in [1.807, 2.05) is 21.1 Å². The third-order valence-electron chi connectivity index (χ3n) is 16.5. The summed E-state index contributed by atoms with van der Waals surface area (Å²) in [4.78, 5) is 38.0. The van der Waals surface area contributed by atoms with Crippen molar-refractivity contribution in [1.29, 1.82) is 0 Å². The minimum Gasteiger partial charge on any atom is -0.756 e. The third-order valence-corrected chi connectivity index (χ3v) is 17.4. The first-order chi connectivity index (χ1) is 40.0. The molecule has 0 amide bonds. The number of carbonyl (C=O) groups excluding carboxylic acids is 2. The molecule has 0 aliphatic rings. The van der Waals surface area contributed by atoms with Crippen LogP contribution < -0.4 is 4.89 Å². The van der Waals surface area contributed by atoms with Gasteiger partial charge in [-0.1, -0.05) is 340 Å². The van der Waals surface area contributed by atoms with Crippen molar-refractivity contribution >= 4 is 19.8 Å². The molecule has 0 saturated carbocycles. The molecule has 0 spiro atoms. The summed E-state index contributed by atoms with van der Waals surface area (Å²) in [6.07, 6.45) is 79.9. The standard InChI is InChI=1S/C72H140NO8P/c1-6-8-10-12-14-16-18-20-22-24-26-28-29-30-31-32-33-34-35-36-37-38-39-40-41-42-43-45-47-49-51-53-55-57-59-61-63-65-72(75)81-70(69-80-82(76,77)79-67-66-73(3,4)5)68-78-71(74)64-62-60-58-56-54-52-50-48-46-44-27-25-23-21-19-17-15-13-11-9-7-2/h18,20,24,26,70H,6-17,19,21-23,25,27-69H2,1-5H3/b20-18-,26-24-. The highest BCUT2D eigenvalue weighted by Gasteiger charge is 2.22. The first-order valence-electron chi connectivity index (χ1n) is 36.0. The summed E-state index contributed by atoms with van der Waals surface area (Å²) in [6, 6.07) is 0. The number of hydrogen-bond donors (Lipinski definition) is 0. The summed E-state index contributed by atoms with van der Waals surface area (Å²) in [7, 11) is 1.19. The summed E-state index contributed by atoms with van der Waals surface area (Å²) >= 11 is 0. The van der Waals surface area contributed by atoms with E-state index in [-0.39, 0.29) is 32.0 Å². The minimum absolute atomic E-state index is 0.0262. The van der Waals surface area contributed by atoms with Crippen LogP contribution >= 0.6 is 7.82 Å². The monoisotopic (exact) mass is 1180 g/mol. The van der Waals surface area contributed by atoms with Crippen LogP contribution in [0.2, 0.25) is 0 Å². The van der Waals surface area contributed by atoms with Crippen molar-refractivity contribution in [3.63, 3.8) is 0 Å². The van der Waals surface area contributed by atoms with Crippen LogP contribution in [0.25, 0.3) is 0 Å². The van der Waals surface area contributed by atoms with Gasteiger partial charge in [0.05, 0.1) is 27.7 Å². The highest BCUT2D eigenvalue weighted by molar-refractivity contribution is 7.45. The van der Waals surface area contributed by atoms with Crippen molar-refractivity contribution in [2.75, 3.05) is 47.5 Å². The van der Waals surface area contributed by atoms with Crippen LogP contribution in [-0.2, 0) is 32.7 Å². The predicted molar refractivity (Wildman–Crippen MR) is 351 cm³/mol. The van der Waals surface area contributed by atoms with E-state index < -0.39 is 26.5 Å². The number of likely N-dealkylation sites (N-methyl/N-ethyl adjacent to an activating group) is 1. The summed E-state index contributed by atoms with van der Waals surface area (Å²) < 4.78 is 34.3. The number of quaternary nitrogens is 1. The Morgan fingerprint density at radius 3 is 0.963 bits per heavy atom. The van der Waals surface area contributed by atoms with Crippen LogP contribution in [0.5, 0.6) is 0 Å². The maximum Gasteiger partial charge on any atom is 0.306 e. The molecule has 486 valence electrons. The van der Waals surface area contributed by atoms with E-state index in [2.05, 4.69) is 38.2 Å². The number of esters is 2. The van der Waals surface area contributed by atoms with Gasteiger partial charge in [-0.15, -0.1) is 0 Å². The minimum atomic E-state index is -4.64. The molecule has 0 aromatic heterocycles. The van der Waals surface area contributed by atoms with Gasteiger partial charge in [0.2, 0.25) is 0 Å². The number of ether oxygens (including phenoxy) is 2. The van der Waals surface area contributed by atoms with E-state index in [1.54, 1.807) is 0 Å². The van der Waals surface area contributed by atoms with E-state index in [9.17, 15) is 19.0 Å². The lowest BCUT2D eigenvalue weighted by molar-refractivity contribution is -0.870. The van der Waals surface area contributed by atoms with Crippen LogP contribution in [-0.4, -0.2) is 70.0 Å². The third kappa shape index (κ3) is 67.6. The fourth-order valence-electron chi connectivity index (χ4n) is 10.9. The number of carbonyl (C=O) groups is 2. The van der Waals surface area contributed by atoms with Gasteiger partial charge in [0.25, 0.3) is 7.82 Å². The van der Waals surface area contributed by atoms with Crippen LogP contribution in [0.15, 0.2) is 24.3 Å². The van der Waals surface area contributed by atoms with Gasteiger partial charge in [-0.25, -0.2) is 0 Å². The second-order valence-electron chi connectivity index (χ2n) is 26.0. The fourth-order valence-corrected chi connectivity index (χ4v) is 11.7. The molecular weight excluding hydrogens is 1040 g/mol. The molecule has 2 unspecified atom stereocenters. The zero-order valence-electron chi connectivity index (χ0n) is 55.5. The molecule has 2 atom stereocenters. The smallest absolute Gasteiger partial charge is 0.306 e. The Morgan fingerprint density at radius 1 is 0.378 bits per heavy atom. The molecule has 0 aromatic carbocycles. The van der Waals surface area contributed by atoms with Crippen molar-refractivity contribution in [2.24, 2.45) is 0 Å². The lowest BCUT2D eigenvalue weighted by atomic mass is 10.0. The Hall–Kier alpha value is -1.51. The molecule has 10 heteroatoms. The topological polar surface area (TPSA) is 111 Å². The van der Waals surface area contributed by atoms with Crippen molar-refractivity contribution in [3.05, 3.63) is 24.3 Å². The maximum absolute atomic E-state index is 12.9. The molecule has 0 fully saturated rings. The zero-order chi connectivity index (χ0) is 59.8. The van der Waals surface area contributed by atoms with E-state index in [4.69, 9.17) is 18.5 Å². The molecule has 0 aromatic rings. The fraction of sp³-hybridized carbons (Fsp3) is 0.917. The largest absolute Gasteiger partial charge is 0.756 e. The first kappa shape index (κ1) is 80.5. The highest BCUT2D eigenvalue weighted by atomic mass is 31.2. The number of allylic oxidation sites excluding steroid dienone is 4. The van der Waals surface area contributed by atoms with Crippen molar-refractivity contribution in [1.82, 2.24) is 0 Å². The Morgan fingerprint density at radius 2 is 0.659 bits per heavy atom. The average molecular weight is 1180 g/mol. The van der Waals surface area contributed by atoms with Gasteiger partial charge in [0.15, 0.2) is 6.10 Å². The van der Waals surface area contributed by atoms with Gasteiger partial charge in [0.1, 0.15) is 19.8 Å². The number of unbranched alkanes of at least 4 members (excludes halogenated alkanes) is 50. The van der Waals surface area contributed by atoms with E-state index in [1.165, 1.54) is 302 Å². The molecule has 0 heterocycles. The average Bonchev–Trinajstić information content (AvgIpc) is 3.46. The molecule has 0 aliphatic heterocycles. The van der Waals surface area contributed by atoms with Gasteiger partial charge in [-0.2, -0.15) is 0 Å². The lowest BCUT2D eigenvalue weighted by Crippen LogP contribution is -2.37. The number of nitrogens with zero attached hydrogens (tertiary/aromatic N) is 1. The van der Waals surface area contributed by atoms with E-state index >= 15 is 0 Å². The molecule has 0 aliphatic carbocycles. The van der Waals surface area contributed by atoms with E-state index in [0.29, 0.717) is 17.4 Å². The maximum atomic E-state index is 12.9. The van der Waals surface area contributed by atoms with Crippen LogP contribution in [0.3, 0.4) is 0 Å². The second-order valence-corrected chi connectivity index (χ2v) is 27.4. The Kier molecular flexibility index (Phi) is 62.8. The molecular formula is C72H140NO8P. The van der Waals surface area contributed by atoms with Crippen molar-refractivity contribution < 1.29 is 42.1 Å². The molecule has 82 heavy (non-hydrogen) atoms. The summed E-state index contributed by atoms with van der Waals surface area (Å²) in [5, 5.41) is 0. The van der Waals surface area contributed by atoms with Crippen molar-refractivity contribution in [2.45, 2.75) is 380 Å². The normalized spacial score (nSPS) is 13.2. The van der Waals surface area contributed by atoms with Crippen molar-refractivity contribution in [3.8, 4) is 0 Å². The second kappa shape index (κ2) is 64.0. The highest BCUT2D eigenvalue weighted by Crippen LogP contribution is 2.38. The van der Waals surface area contributed by atoms with E-state index in [0.717, 1.165) is 38.5 Å². The Bertz CT molecular complexity index is 1430. The Balaban J connectivity index is 3.92. The summed E-state index contributed by atoms with van der Waals surface area (Å²) in [5.41, 5.74) is 0. The number of phosphoric ester groups is 1. The Labute approximate surface area is 510 Å². The number of hydrogen-bond acceptors (Lipinski definition) is 8. The molecule has 0 rings (SSSR count). The van der Waals surface area contributed by atoms with Gasteiger partial charge < -0.3 is 27.9 Å². The van der Waals surface area contributed by atoms with Gasteiger partial charge in [-0.3, -0.25) is 14.2 Å². The molecule has 0 saturated heterocycles.